The summed E-state index contributed by atoms with van der Waals surface area (Å²) in [6, 6.07) is 5.73. The van der Waals surface area contributed by atoms with Crippen molar-refractivity contribution in [2.75, 3.05) is 13.1 Å². The first-order valence-electron chi connectivity index (χ1n) is 7.92. The summed E-state index contributed by atoms with van der Waals surface area (Å²) in [5.74, 6) is 0.383. The van der Waals surface area contributed by atoms with Crippen molar-refractivity contribution < 1.29 is 4.39 Å². The van der Waals surface area contributed by atoms with Gasteiger partial charge in [0, 0.05) is 30.2 Å². The van der Waals surface area contributed by atoms with E-state index >= 15 is 0 Å². The Kier molecular flexibility index (Phi) is 6.03. The Bertz CT molecular complexity index is 466. The Hall–Kier alpha value is -0.640. The van der Waals surface area contributed by atoms with Gasteiger partial charge in [-0.3, -0.25) is 4.90 Å². The average Bonchev–Trinajstić information content (AvgIpc) is 2.63. The van der Waals surface area contributed by atoms with Crippen molar-refractivity contribution in [3.8, 4) is 0 Å². The molecule has 21 heavy (non-hydrogen) atoms. The van der Waals surface area contributed by atoms with Crippen LogP contribution >= 0.6 is 11.6 Å². The van der Waals surface area contributed by atoms with Gasteiger partial charge < -0.3 is 5.32 Å². The van der Waals surface area contributed by atoms with E-state index in [9.17, 15) is 4.39 Å². The van der Waals surface area contributed by atoms with Gasteiger partial charge in [0.2, 0.25) is 0 Å². The summed E-state index contributed by atoms with van der Waals surface area (Å²) in [5.41, 5.74) is 1.01. The molecule has 1 heterocycles. The lowest BCUT2D eigenvalue weighted by molar-refractivity contribution is 0.180. The summed E-state index contributed by atoms with van der Waals surface area (Å²) >= 11 is 6.18. The largest absolute Gasteiger partial charge is 0.312 e. The highest BCUT2D eigenvalue weighted by Crippen LogP contribution is 2.23. The first-order chi connectivity index (χ1) is 10.0. The fourth-order valence-electron chi connectivity index (χ4n) is 2.91. The number of benzene rings is 1. The van der Waals surface area contributed by atoms with Crippen LogP contribution in [-0.2, 0) is 6.54 Å². The predicted molar refractivity (Wildman–Crippen MR) is 87.1 cm³/mol. The Labute approximate surface area is 132 Å². The van der Waals surface area contributed by atoms with Gasteiger partial charge in [-0.25, -0.2) is 4.39 Å². The van der Waals surface area contributed by atoms with Crippen LogP contribution in [-0.4, -0.2) is 30.1 Å². The van der Waals surface area contributed by atoms with Crippen LogP contribution < -0.4 is 5.32 Å². The van der Waals surface area contributed by atoms with E-state index in [4.69, 9.17) is 11.6 Å². The normalized spacial score (nSPS) is 25.6. The maximum Gasteiger partial charge on any atom is 0.124 e. The van der Waals surface area contributed by atoms with E-state index in [0.29, 0.717) is 23.0 Å². The molecule has 3 atom stereocenters. The molecule has 118 valence electrons. The molecule has 1 saturated heterocycles. The van der Waals surface area contributed by atoms with Crippen molar-refractivity contribution in [1.29, 1.82) is 0 Å². The monoisotopic (exact) mass is 312 g/mol. The third-order valence-electron chi connectivity index (χ3n) is 4.74. The predicted octanol–water partition coefficient (Wildman–Crippen LogP) is 4.08. The fraction of sp³-hybridized carbons (Fsp3) is 0.647. The number of hydrogen-bond donors (Lipinski definition) is 1. The smallest absolute Gasteiger partial charge is 0.124 e. The minimum absolute atomic E-state index is 0.271. The van der Waals surface area contributed by atoms with E-state index < -0.39 is 0 Å². The molecule has 4 heteroatoms. The SMILES string of the molecule is CCC(C)C1CN(Cc2ccc(F)cc2Cl)C(C)CCN1. The number of halogens is 2. The molecule has 1 aliphatic heterocycles. The van der Waals surface area contributed by atoms with Crippen molar-refractivity contribution in [2.24, 2.45) is 5.92 Å². The summed E-state index contributed by atoms with van der Waals surface area (Å²) in [6.45, 7) is 9.67. The van der Waals surface area contributed by atoms with Crippen molar-refractivity contribution in [2.45, 2.75) is 52.2 Å². The van der Waals surface area contributed by atoms with Crippen molar-refractivity contribution in [3.05, 3.63) is 34.6 Å². The highest BCUT2D eigenvalue weighted by molar-refractivity contribution is 6.31. The number of nitrogens with one attached hydrogen (secondary N) is 1. The van der Waals surface area contributed by atoms with E-state index in [-0.39, 0.29) is 5.82 Å². The van der Waals surface area contributed by atoms with Crippen LogP contribution in [0.3, 0.4) is 0 Å². The molecule has 1 aromatic rings. The van der Waals surface area contributed by atoms with Gasteiger partial charge in [-0.15, -0.1) is 0 Å². The Morgan fingerprint density at radius 2 is 2.24 bits per heavy atom. The van der Waals surface area contributed by atoms with Crippen LogP contribution in [0.4, 0.5) is 4.39 Å². The van der Waals surface area contributed by atoms with Crippen LogP contribution in [0.5, 0.6) is 0 Å². The lowest BCUT2D eigenvalue weighted by Gasteiger charge is -2.31. The third-order valence-corrected chi connectivity index (χ3v) is 5.09. The maximum absolute atomic E-state index is 13.2. The van der Waals surface area contributed by atoms with Gasteiger partial charge in [-0.1, -0.05) is 37.9 Å². The van der Waals surface area contributed by atoms with Crippen LogP contribution in [0, 0.1) is 11.7 Å². The molecule has 2 rings (SSSR count). The lowest BCUT2D eigenvalue weighted by Crippen LogP contribution is -2.43. The van der Waals surface area contributed by atoms with Crippen LogP contribution in [0.2, 0.25) is 5.02 Å². The Morgan fingerprint density at radius 1 is 1.48 bits per heavy atom. The van der Waals surface area contributed by atoms with Crippen molar-refractivity contribution in [3.63, 3.8) is 0 Å². The fourth-order valence-corrected chi connectivity index (χ4v) is 3.14. The molecule has 3 unspecified atom stereocenters. The topological polar surface area (TPSA) is 15.3 Å². The van der Waals surface area contributed by atoms with Gasteiger partial charge >= 0.3 is 0 Å². The van der Waals surface area contributed by atoms with Gasteiger partial charge in [0.25, 0.3) is 0 Å². The zero-order valence-electron chi connectivity index (χ0n) is 13.2. The van der Waals surface area contributed by atoms with E-state index in [0.717, 1.165) is 31.6 Å². The second-order valence-electron chi connectivity index (χ2n) is 6.25. The van der Waals surface area contributed by atoms with Crippen molar-refractivity contribution >= 4 is 11.6 Å². The summed E-state index contributed by atoms with van der Waals surface area (Å²) in [7, 11) is 0. The molecular weight excluding hydrogens is 287 g/mol. The second-order valence-corrected chi connectivity index (χ2v) is 6.66. The van der Waals surface area contributed by atoms with Crippen molar-refractivity contribution in [1.82, 2.24) is 10.2 Å². The molecule has 0 saturated carbocycles. The molecule has 0 aromatic heterocycles. The average molecular weight is 313 g/mol. The number of hydrogen-bond acceptors (Lipinski definition) is 2. The summed E-state index contributed by atoms with van der Waals surface area (Å²) in [4.78, 5) is 2.47. The van der Waals surface area contributed by atoms with Crippen LogP contribution in [0.1, 0.15) is 39.2 Å². The maximum atomic E-state index is 13.2. The Morgan fingerprint density at radius 3 is 2.90 bits per heavy atom. The molecule has 0 radical (unpaired) electrons. The number of rotatable bonds is 4. The lowest BCUT2D eigenvalue weighted by atomic mass is 9.98. The summed E-state index contributed by atoms with van der Waals surface area (Å²) in [5, 5.41) is 4.19. The van der Waals surface area contributed by atoms with Gasteiger partial charge in [0.15, 0.2) is 0 Å². The molecular formula is C17H26ClFN2. The van der Waals surface area contributed by atoms with Gasteiger partial charge in [0.1, 0.15) is 5.82 Å². The van der Waals surface area contributed by atoms with E-state index in [1.54, 1.807) is 6.07 Å². The molecule has 0 bridgehead atoms. The van der Waals surface area contributed by atoms with E-state index in [1.807, 2.05) is 0 Å². The van der Waals surface area contributed by atoms with Crippen LogP contribution in [0.25, 0.3) is 0 Å². The van der Waals surface area contributed by atoms with Crippen LogP contribution in [0.15, 0.2) is 18.2 Å². The summed E-state index contributed by atoms with van der Waals surface area (Å²) < 4.78 is 13.2. The highest BCUT2D eigenvalue weighted by atomic mass is 35.5. The molecule has 1 aromatic carbocycles. The molecule has 2 nitrogen and oxygen atoms in total. The molecule has 0 aliphatic carbocycles. The highest BCUT2D eigenvalue weighted by Gasteiger charge is 2.26. The number of nitrogens with zero attached hydrogens (tertiary/aromatic N) is 1. The zero-order chi connectivity index (χ0) is 15.4. The molecule has 0 spiro atoms. The molecule has 1 aliphatic rings. The molecule has 0 amide bonds. The first kappa shape index (κ1) is 16.7. The minimum atomic E-state index is -0.271. The second kappa shape index (κ2) is 7.57. The van der Waals surface area contributed by atoms with Gasteiger partial charge in [0.05, 0.1) is 0 Å². The first-order valence-corrected chi connectivity index (χ1v) is 8.30. The minimum Gasteiger partial charge on any atom is -0.312 e. The molecule has 1 N–H and O–H groups in total. The molecule has 1 fully saturated rings. The Balaban J connectivity index is 2.11. The third kappa shape index (κ3) is 4.41. The quantitative estimate of drug-likeness (QED) is 0.901. The van der Waals surface area contributed by atoms with E-state index in [1.165, 1.54) is 18.6 Å². The zero-order valence-corrected chi connectivity index (χ0v) is 14.0. The van der Waals surface area contributed by atoms with Gasteiger partial charge in [-0.2, -0.15) is 0 Å². The van der Waals surface area contributed by atoms with Gasteiger partial charge in [-0.05, 0) is 43.5 Å². The standard InChI is InChI=1S/C17H26ClFN2/c1-4-12(2)17-11-21(13(3)7-8-20-17)10-14-5-6-15(19)9-16(14)18/h5-6,9,12-13,17,20H,4,7-8,10-11H2,1-3H3. The van der Waals surface area contributed by atoms with E-state index in [2.05, 4.69) is 31.0 Å². The summed E-state index contributed by atoms with van der Waals surface area (Å²) in [6.07, 6.45) is 2.31.